The van der Waals surface area contributed by atoms with E-state index in [2.05, 4.69) is 23.8 Å². The Morgan fingerprint density at radius 3 is 0.735 bits per heavy atom. The Bertz CT molecular complexity index is 5430. The summed E-state index contributed by atoms with van der Waals surface area (Å²) in [5, 5.41) is 5.27. The topological polar surface area (TPSA) is 305 Å². The van der Waals surface area contributed by atoms with E-state index in [0.29, 0.717) is 34.4 Å². The second-order valence-corrected chi connectivity index (χ2v) is 30.1. The van der Waals surface area contributed by atoms with Gasteiger partial charge in [0, 0.05) is 29.6 Å². The second-order valence-electron chi connectivity index (χ2n) is 20.9. The van der Waals surface area contributed by atoms with Crippen molar-refractivity contribution in [2.24, 2.45) is 0 Å². The van der Waals surface area contributed by atoms with E-state index in [0.717, 1.165) is 18.2 Å². The molecule has 0 saturated heterocycles. The largest absolute Gasteiger partial charge is 0.457 e. The first-order valence-corrected chi connectivity index (χ1v) is 36.3. The van der Waals surface area contributed by atoms with Gasteiger partial charge in [0.1, 0.15) is 73.9 Å². The fraction of sp³-hybridized carbons (Fsp3) is 0. The zero-order valence-electron chi connectivity index (χ0n) is 50.7. The predicted molar refractivity (Wildman–Crippen MR) is 361 cm³/mol. The van der Waals surface area contributed by atoms with Crippen molar-refractivity contribution in [3.8, 4) is 69.0 Å². The molecule has 11 rings (SSSR count). The average molecular weight is 1410 g/mol. The van der Waals surface area contributed by atoms with E-state index >= 15 is 0 Å². The summed E-state index contributed by atoms with van der Waals surface area (Å²) >= 11 is 0. The number of ether oxygens (including phenoxy) is 6. The highest BCUT2D eigenvalue weighted by molar-refractivity contribution is 7.92. The van der Waals surface area contributed by atoms with E-state index in [1.54, 1.807) is 48.5 Å². The van der Waals surface area contributed by atoms with Crippen LogP contribution in [0.25, 0.3) is 0 Å². The van der Waals surface area contributed by atoms with Gasteiger partial charge in [0.2, 0.25) is 51.2 Å². The van der Waals surface area contributed by atoms with Gasteiger partial charge in [0.15, 0.2) is 0 Å². The fourth-order valence-corrected chi connectivity index (χ4v) is 15.0. The summed E-state index contributed by atoms with van der Waals surface area (Å²) in [4.78, 5) is 22.2. The third-order valence-electron chi connectivity index (χ3n) is 14.2. The summed E-state index contributed by atoms with van der Waals surface area (Å²) in [5.41, 5.74) is 0.956. The lowest BCUT2D eigenvalue weighted by Gasteiger charge is -2.13. The number of anilines is 2. The van der Waals surface area contributed by atoms with Crippen molar-refractivity contribution < 1.29 is 84.7 Å². The van der Waals surface area contributed by atoms with Crippen molar-refractivity contribution in [3.05, 3.63) is 286 Å². The molecule has 0 atom stereocenters. The molecule has 0 heterocycles. The van der Waals surface area contributed by atoms with Crippen LogP contribution in [0, 0.1) is 0 Å². The van der Waals surface area contributed by atoms with Gasteiger partial charge in [-0.1, -0.05) is 25.3 Å². The first-order chi connectivity index (χ1) is 46.8. The summed E-state index contributed by atoms with van der Waals surface area (Å²) in [6.07, 6.45) is 2.26. The highest BCUT2D eigenvalue weighted by Gasteiger charge is 2.25. The Kier molecular flexibility index (Phi) is 19.6. The number of rotatable bonds is 25. The van der Waals surface area contributed by atoms with E-state index in [4.69, 9.17) is 28.4 Å². The summed E-state index contributed by atoms with van der Waals surface area (Å²) in [6, 6.07) is 61.0. The molecule has 0 radical (unpaired) electrons. The smallest absolute Gasteiger partial charge is 0.298 e. The van der Waals surface area contributed by atoms with Gasteiger partial charge in [-0.25, -0.2) is 33.7 Å². The van der Waals surface area contributed by atoms with Gasteiger partial charge in [0.05, 0.1) is 39.2 Å². The zero-order chi connectivity index (χ0) is 69.4. The van der Waals surface area contributed by atoms with Crippen molar-refractivity contribution in [3.63, 3.8) is 0 Å². The summed E-state index contributed by atoms with van der Waals surface area (Å²) < 4.78 is 179. The van der Waals surface area contributed by atoms with Gasteiger partial charge < -0.3 is 39.1 Å². The molecule has 0 aromatic heterocycles. The first kappa shape index (κ1) is 67.8. The van der Waals surface area contributed by atoms with Crippen molar-refractivity contribution >= 4 is 72.7 Å². The molecule has 21 nitrogen and oxygen atoms in total. The Morgan fingerprint density at radius 2 is 0.500 bits per heavy atom. The third kappa shape index (κ3) is 16.0. The summed E-state index contributed by atoms with van der Waals surface area (Å²) in [7, 11) is -21.1. The molecule has 26 heteroatoms. The molecule has 98 heavy (non-hydrogen) atoms. The molecule has 11 aromatic carbocycles. The average Bonchev–Trinajstić information content (AvgIpc) is 0.827. The van der Waals surface area contributed by atoms with E-state index < -0.39 is 60.3 Å². The molecule has 0 unspecified atom stereocenters. The maximum absolute atomic E-state index is 13.7. The fourth-order valence-electron chi connectivity index (χ4n) is 9.35. The highest BCUT2D eigenvalue weighted by Crippen LogP contribution is 2.38. The van der Waals surface area contributed by atoms with Crippen molar-refractivity contribution in [1.82, 2.24) is 0 Å². The van der Waals surface area contributed by atoms with Crippen LogP contribution in [-0.2, 0) is 59.1 Å². The molecule has 0 aliphatic rings. The zero-order valence-corrected chi connectivity index (χ0v) is 54.8. The maximum atomic E-state index is 13.7. The molecule has 0 spiro atoms. The number of hydrogen-bond donors (Lipinski definition) is 3. The predicted octanol–water partition coefficient (Wildman–Crippen LogP) is 15.3. The number of carbonyl (C=O) groups excluding carboxylic acids is 2. The van der Waals surface area contributed by atoms with Crippen LogP contribution in [0.2, 0.25) is 0 Å². The van der Waals surface area contributed by atoms with Crippen LogP contribution in [0.5, 0.6) is 69.0 Å². The normalized spacial score (nSPS) is 11.7. The van der Waals surface area contributed by atoms with Gasteiger partial charge in [-0.05, 0) is 243 Å². The second kappa shape index (κ2) is 28.4. The molecule has 2 amide bonds. The van der Waals surface area contributed by atoms with E-state index in [9.17, 15) is 56.2 Å². The Morgan fingerprint density at radius 1 is 0.286 bits per heavy atom. The molecule has 0 bridgehead atoms. The van der Waals surface area contributed by atoms with Gasteiger partial charge in [-0.3, -0.25) is 14.1 Å². The molecule has 3 N–H and O–H groups in total. The van der Waals surface area contributed by atoms with Crippen LogP contribution in [0.1, 0.15) is 0 Å². The van der Waals surface area contributed by atoms with Gasteiger partial charge in [-0.15, -0.1) is 0 Å². The molecule has 0 fully saturated rings. The Labute approximate surface area is 563 Å². The number of carbonyl (C=O) groups is 2. The molecule has 0 aliphatic carbocycles. The Balaban J connectivity index is 0.657. The minimum absolute atomic E-state index is 0.000597. The summed E-state index contributed by atoms with van der Waals surface area (Å²) in [5.74, 6) is 1.44. The van der Waals surface area contributed by atoms with Crippen LogP contribution < -0.4 is 39.1 Å². The van der Waals surface area contributed by atoms with Gasteiger partial charge in [-0.2, -0.15) is 8.42 Å². The van der Waals surface area contributed by atoms with E-state index in [1.165, 1.54) is 206 Å². The third-order valence-corrected chi connectivity index (χ3v) is 22.3. The van der Waals surface area contributed by atoms with E-state index in [1.807, 2.05) is 0 Å². The molecule has 11 aromatic rings. The standard InChI is InChI=1S/C72H52N2O19S5/c1-3-71(75)73-48-7-5-9-58(45-48)90-54-19-36-65(37-20-54)95(79,80)63-32-15-52(16-33-63)88-50-11-28-61(29-12-50)94(77,78)62-30-13-51(14-31-62)89-53-17-34-64(35-18-53)96(81,82)67-40-23-56(24-41-67)92-60-27-44-69(70(47-60)98(85,86)87)93-57-25-42-68(43-26-57)97(83,84)66-38-21-55(22-39-66)91-59-10-6-8-49(46-59)74-72(76)4-2/h3-47H,1-2H2,(H,73,75)(H,74,76)(H,85,86,87). The van der Waals surface area contributed by atoms with Crippen LogP contribution in [0.15, 0.2) is 330 Å². The van der Waals surface area contributed by atoms with Crippen molar-refractivity contribution in [2.45, 2.75) is 44.1 Å². The van der Waals surface area contributed by atoms with Gasteiger partial charge >= 0.3 is 0 Å². The van der Waals surface area contributed by atoms with Crippen LogP contribution in [0.3, 0.4) is 0 Å². The number of hydrogen-bond acceptors (Lipinski definition) is 18. The van der Waals surface area contributed by atoms with Crippen molar-refractivity contribution in [2.75, 3.05) is 10.6 Å². The van der Waals surface area contributed by atoms with Crippen LogP contribution >= 0.6 is 0 Å². The SMILES string of the molecule is C=CC(=O)Nc1cccc(Oc2ccc(S(=O)(=O)c3ccc(Oc4ccc(S(=O)(=O)c5ccc(Oc6ccc(S(=O)(=O)c7ccc(Oc8ccc(Oc9ccc(S(=O)(=O)c%10ccc(Oc%11cccc(NC(=O)C=C)c%11)cc%10)cc9)c(S(=O)(=O)O)c8)cc7)cc6)cc5)cc4)cc3)cc2)c1. The molecular formula is C72H52N2O19S5. The van der Waals surface area contributed by atoms with Gasteiger partial charge in [0.25, 0.3) is 10.1 Å². The highest BCUT2D eigenvalue weighted by atomic mass is 32.2. The quantitative estimate of drug-likeness (QED) is 0.0354. The van der Waals surface area contributed by atoms with E-state index in [-0.39, 0.29) is 91.1 Å². The molecule has 0 saturated carbocycles. The minimum Gasteiger partial charge on any atom is -0.457 e. The lowest BCUT2D eigenvalue weighted by atomic mass is 10.3. The lowest BCUT2D eigenvalue weighted by Crippen LogP contribution is -2.06. The van der Waals surface area contributed by atoms with Crippen LogP contribution in [0.4, 0.5) is 11.4 Å². The molecule has 0 aliphatic heterocycles. The van der Waals surface area contributed by atoms with Crippen molar-refractivity contribution in [1.29, 1.82) is 0 Å². The number of benzene rings is 11. The monoisotopic (exact) mass is 1410 g/mol. The molecule has 494 valence electrons. The Hall–Kier alpha value is -11.7. The van der Waals surface area contributed by atoms with Crippen LogP contribution in [-0.4, -0.2) is 58.5 Å². The number of amides is 2. The maximum Gasteiger partial charge on any atom is 0.298 e. The number of nitrogens with one attached hydrogen (secondary N) is 2. The lowest BCUT2D eigenvalue weighted by molar-refractivity contribution is -0.112. The minimum atomic E-state index is -4.95. The summed E-state index contributed by atoms with van der Waals surface area (Å²) in [6.45, 7) is 6.85. The first-order valence-electron chi connectivity index (χ1n) is 28.9. The molecular weight excluding hydrogens is 1360 g/mol. The number of sulfone groups is 4.